The number of hydrogen-bond acceptors (Lipinski definition) is 6. The first kappa shape index (κ1) is 23.1. The predicted octanol–water partition coefficient (Wildman–Crippen LogP) is 1.56. The molecule has 0 N–H and O–H groups in total. The minimum Gasteiger partial charge on any atom is -0.543 e. The maximum Gasteiger partial charge on any atom is 0.105 e. The van der Waals surface area contributed by atoms with Crippen LogP contribution in [0, 0.1) is 87.3 Å². The van der Waals surface area contributed by atoms with E-state index < -0.39 is 0 Å². The van der Waals surface area contributed by atoms with Crippen molar-refractivity contribution >= 4 is 0 Å². The number of hydrogen-bond donors (Lipinski definition) is 0. The summed E-state index contributed by atoms with van der Waals surface area (Å²) in [5.41, 5.74) is -0.550. The summed E-state index contributed by atoms with van der Waals surface area (Å²) in [6.45, 7) is 12.1. The van der Waals surface area contributed by atoms with Gasteiger partial charge in [0.25, 0.3) is 0 Å². The number of nitrogens with zero attached hydrogens (tertiary/aromatic N) is 1. The normalized spacial score (nSPS) is 45.5. The van der Waals surface area contributed by atoms with Crippen molar-refractivity contribution in [1.82, 2.24) is 5.06 Å². The zero-order valence-corrected chi connectivity index (χ0v) is 23.7. The van der Waals surface area contributed by atoms with Gasteiger partial charge in [-0.05, 0) is 31.5 Å². The monoisotopic (exact) mass is 801 g/mol. The van der Waals surface area contributed by atoms with Gasteiger partial charge in [-0.15, -0.1) is 0 Å². The number of rotatable bonds is 6. The van der Waals surface area contributed by atoms with Crippen molar-refractivity contribution < 1.29 is 86.0 Å². The molecule has 1 unspecified atom stereocenters. The molecule has 4 aliphatic heterocycles. The first-order chi connectivity index (χ1) is 11.0. The molecule has 25 heavy (non-hydrogen) atoms. The molecule has 0 radical (unpaired) electrons. The van der Waals surface area contributed by atoms with Crippen molar-refractivity contribution in [3.63, 3.8) is 0 Å². The van der Waals surface area contributed by atoms with Gasteiger partial charge >= 0.3 is 0 Å². The van der Waals surface area contributed by atoms with Gasteiger partial charge in [0.05, 0.1) is 24.4 Å². The van der Waals surface area contributed by atoms with Crippen molar-refractivity contribution in [3.05, 3.63) is 13.2 Å². The summed E-state index contributed by atoms with van der Waals surface area (Å²) in [6, 6.07) is 0. The fraction of sp³-hybridized carbons (Fsp3) is 0.882. The summed E-state index contributed by atoms with van der Waals surface area (Å²) in [5.74, 6) is 0.624. The van der Waals surface area contributed by atoms with Gasteiger partial charge in [0.1, 0.15) is 6.10 Å². The van der Waals surface area contributed by atoms with E-state index in [9.17, 15) is 0 Å². The van der Waals surface area contributed by atoms with E-state index >= 15 is 0 Å². The topological polar surface area (TPSA) is 49.4 Å². The second-order valence-corrected chi connectivity index (χ2v) is 7.39. The summed E-state index contributed by atoms with van der Waals surface area (Å²) in [6.07, 6.45) is 1.04. The van der Waals surface area contributed by atoms with Gasteiger partial charge in [0.15, 0.2) is 0 Å². The Hall–Kier alpha value is 1.86. The van der Waals surface area contributed by atoms with Gasteiger partial charge in [-0.2, -0.15) is 18.3 Å². The Balaban J connectivity index is 0.00000113. The Morgan fingerprint density at radius 3 is 2.32 bits per heavy atom. The van der Waals surface area contributed by atoms with Crippen LogP contribution in [0.1, 0.15) is 27.2 Å². The molecule has 4 saturated heterocycles. The van der Waals surface area contributed by atoms with E-state index in [4.69, 9.17) is 23.8 Å². The summed E-state index contributed by atoms with van der Waals surface area (Å²) in [4.78, 5) is 6.18. The third-order valence-electron chi connectivity index (χ3n) is 6.29. The van der Waals surface area contributed by atoms with Crippen LogP contribution in [0.3, 0.4) is 0 Å². The minimum atomic E-state index is -0.366. The van der Waals surface area contributed by atoms with Gasteiger partial charge < -0.3 is 18.9 Å². The molecule has 0 aromatic heterocycles. The molecule has 4 rings (SSSR count). The van der Waals surface area contributed by atoms with Crippen LogP contribution in [0.4, 0.5) is 0 Å². The predicted molar refractivity (Wildman–Crippen MR) is 81.8 cm³/mol. The molecule has 0 amide bonds. The first-order valence-electron chi connectivity index (χ1n) is 8.64. The smallest absolute Gasteiger partial charge is 0.105 e. The SMILES string of the molecule is CC[C@@]12CO[C@@H]([CH-]O1)[C@@H]2CN(C)OC(C)[C@@]12CO[C@@H]([CH-]O1)[C@@H]2C.[U].[U]. The van der Waals surface area contributed by atoms with Crippen molar-refractivity contribution in [2.75, 3.05) is 26.8 Å². The summed E-state index contributed by atoms with van der Waals surface area (Å²) in [7, 11) is 1.98. The van der Waals surface area contributed by atoms with Crippen LogP contribution < -0.4 is 0 Å². The van der Waals surface area contributed by atoms with Crippen molar-refractivity contribution in [1.29, 1.82) is 0 Å². The summed E-state index contributed by atoms with van der Waals surface area (Å²) >= 11 is 0. The quantitative estimate of drug-likeness (QED) is 0.301. The van der Waals surface area contributed by atoms with Gasteiger partial charge in [0, 0.05) is 81.7 Å². The summed E-state index contributed by atoms with van der Waals surface area (Å²) < 4.78 is 23.4. The molecule has 0 aliphatic carbocycles. The Morgan fingerprint density at radius 1 is 1.16 bits per heavy atom. The third-order valence-corrected chi connectivity index (χ3v) is 6.29. The van der Waals surface area contributed by atoms with E-state index in [2.05, 4.69) is 20.8 Å². The molecule has 4 bridgehead atoms. The van der Waals surface area contributed by atoms with Crippen LogP contribution >= 0.6 is 0 Å². The Morgan fingerprint density at radius 2 is 1.84 bits per heavy atom. The molecule has 4 heterocycles. The van der Waals surface area contributed by atoms with E-state index in [1.807, 2.05) is 25.3 Å². The van der Waals surface area contributed by atoms with Crippen LogP contribution in [-0.4, -0.2) is 61.4 Å². The Kier molecular flexibility index (Phi) is 8.06. The largest absolute Gasteiger partial charge is 0.543 e. The molecule has 0 saturated carbocycles. The second-order valence-electron chi connectivity index (χ2n) is 7.39. The average Bonchev–Trinajstić information content (AvgIpc) is 3.27. The van der Waals surface area contributed by atoms with Crippen LogP contribution in [0.2, 0.25) is 0 Å². The van der Waals surface area contributed by atoms with E-state index in [1.165, 1.54) is 0 Å². The van der Waals surface area contributed by atoms with Crippen LogP contribution in [-0.2, 0) is 23.8 Å². The molecule has 0 aromatic carbocycles. The van der Waals surface area contributed by atoms with Crippen molar-refractivity contribution in [2.24, 2.45) is 11.8 Å². The molecule has 0 spiro atoms. The molecule has 0 aromatic rings. The second kappa shape index (κ2) is 8.70. The van der Waals surface area contributed by atoms with Gasteiger partial charge in [-0.1, -0.05) is 13.8 Å². The minimum absolute atomic E-state index is 0. The molecule has 8 heteroatoms. The molecule has 7 atom stereocenters. The molecule has 4 aliphatic rings. The van der Waals surface area contributed by atoms with E-state index in [0.29, 0.717) is 25.0 Å². The van der Waals surface area contributed by atoms with Gasteiger partial charge in [-0.3, -0.25) is 4.84 Å². The van der Waals surface area contributed by atoms with E-state index in [1.54, 1.807) is 0 Å². The maximum absolute atomic E-state index is 6.18. The Bertz CT molecular complexity index is 452. The van der Waals surface area contributed by atoms with E-state index in [-0.39, 0.29) is 91.7 Å². The molecule has 6 nitrogen and oxygen atoms in total. The molecular weight excluding hydrogens is 774 g/mol. The number of fused-ring (bicyclic) bond motifs is 4. The van der Waals surface area contributed by atoms with Crippen molar-refractivity contribution in [2.45, 2.75) is 56.7 Å². The van der Waals surface area contributed by atoms with Crippen molar-refractivity contribution in [3.8, 4) is 0 Å². The van der Waals surface area contributed by atoms with Crippen LogP contribution in [0.5, 0.6) is 0 Å². The zero-order chi connectivity index (χ0) is 16.2. The standard InChI is InChI=1S/C17H27NO5.2U/c1-5-16-9-19-15(8-21-16)13(16)6-18(4)23-12(3)17-10-20-14(7-22-17)11(17)2;;/h7-8,11-15H,5-6,9-10H2,1-4H3;;/q-2;;/t11-,12?,13-,14-,15-,16-,17-;;/m0../s1. The molecular formula is C17H27NO5U2-2. The first-order valence-corrected chi connectivity index (χ1v) is 8.64. The van der Waals surface area contributed by atoms with Gasteiger partial charge in [0.2, 0.25) is 0 Å². The van der Waals surface area contributed by atoms with Crippen LogP contribution in [0.15, 0.2) is 0 Å². The Labute approximate surface area is 198 Å². The fourth-order valence-electron chi connectivity index (χ4n) is 4.47. The fourth-order valence-corrected chi connectivity index (χ4v) is 4.47. The van der Waals surface area contributed by atoms with Gasteiger partial charge in [-0.25, -0.2) is 0 Å². The molecule has 4 fully saturated rings. The third kappa shape index (κ3) is 3.73. The van der Waals surface area contributed by atoms with E-state index in [0.717, 1.165) is 13.0 Å². The maximum atomic E-state index is 6.18. The molecule has 140 valence electrons. The number of ether oxygens (including phenoxy) is 4. The average molecular weight is 801 g/mol. The number of hydroxylamine groups is 2. The zero-order valence-electron chi connectivity index (χ0n) is 15.4. The summed E-state index contributed by atoms with van der Waals surface area (Å²) in [5, 5.41) is 1.92. The van der Waals surface area contributed by atoms with Crippen LogP contribution in [0.25, 0.3) is 0 Å².